The number of pyridine rings is 1. The Balaban J connectivity index is 1.32. The first-order chi connectivity index (χ1) is 16.6. The van der Waals surface area contributed by atoms with Crippen LogP contribution in [0.1, 0.15) is 17.7 Å². The molecule has 13 heteroatoms. The van der Waals surface area contributed by atoms with Gasteiger partial charge in [0.1, 0.15) is 23.9 Å². The Kier molecular flexibility index (Phi) is 5.58. The lowest BCUT2D eigenvalue weighted by Gasteiger charge is -2.17. The lowest BCUT2D eigenvalue weighted by atomic mass is 10.2. The summed E-state index contributed by atoms with van der Waals surface area (Å²) in [5.74, 6) is -3.00. The number of ether oxygens (including phenoxy) is 2. The van der Waals surface area contributed by atoms with Crippen LogP contribution in [0, 0.1) is 11.6 Å². The average molecular weight is 495 g/mol. The molecule has 2 N–H and O–H groups in total. The highest BCUT2D eigenvalue weighted by Gasteiger charge is 2.38. The topological polar surface area (TPSA) is 95.5 Å². The molecule has 35 heavy (non-hydrogen) atoms. The maximum absolute atomic E-state index is 14.5. The molecule has 0 unspecified atom stereocenters. The van der Waals surface area contributed by atoms with Crippen molar-refractivity contribution in [2.24, 2.45) is 5.73 Å². The van der Waals surface area contributed by atoms with E-state index in [0.717, 1.165) is 30.8 Å². The first kappa shape index (κ1) is 23.0. The number of hydrogen-bond acceptors (Lipinski definition) is 7. The van der Waals surface area contributed by atoms with Gasteiger partial charge in [-0.05, 0) is 30.2 Å². The molecule has 184 valence electrons. The smallest absolute Gasteiger partial charge is 0.433 e. The van der Waals surface area contributed by atoms with Crippen LogP contribution in [0.3, 0.4) is 0 Å². The molecule has 8 nitrogen and oxygen atoms in total. The van der Waals surface area contributed by atoms with Crippen molar-refractivity contribution in [2.45, 2.75) is 37.8 Å². The zero-order valence-electron chi connectivity index (χ0n) is 17.9. The zero-order chi connectivity index (χ0) is 24.9. The van der Waals surface area contributed by atoms with Gasteiger partial charge in [-0.2, -0.15) is 18.2 Å². The monoisotopic (exact) mass is 495 g/mol. The predicted octanol–water partition coefficient (Wildman–Crippen LogP) is 3.23. The summed E-state index contributed by atoms with van der Waals surface area (Å²) in [6, 6.07) is 5.09. The van der Waals surface area contributed by atoms with E-state index in [1.165, 1.54) is 4.57 Å². The minimum Gasteiger partial charge on any atom is -0.473 e. The summed E-state index contributed by atoms with van der Waals surface area (Å²) in [6.07, 6.45) is -3.17. The number of hydrogen-bond donors (Lipinski definition) is 1. The van der Waals surface area contributed by atoms with E-state index in [4.69, 9.17) is 15.2 Å². The number of aromatic nitrogens is 3. The Morgan fingerprint density at radius 2 is 1.86 bits per heavy atom. The fraction of sp³-hybridized carbons (Fsp3) is 0.318. The summed E-state index contributed by atoms with van der Waals surface area (Å²) in [6.45, 7) is 0.753. The van der Waals surface area contributed by atoms with E-state index < -0.39 is 40.7 Å². The quantitative estimate of drug-likeness (QED) is 0.543. The van der Waals surface area contributed by atoms with Gasteiger partial charge in [-0.25, -0.2) is 13.6 Å². The van der Waals surface area contributed by atoms with Gasteiger partial charge in [-0.3, -0.25) is 9.55 Å². The third kappa shape index (κ3) is 4.50. The van der Waals surface area contributed by atoms with E-state index in [-0.39, 0.29) is 30.1 Å². The molecule has 5 rings (SSSR count). The third-order valence-corrected chi connectivity index (χ3v) is 5.79. The van der Waals surface area contributed by atoms with Gasteiger partial charge in [0.25, 0.3) is 0 Å². The molecule has 0 saturated carbocycles. The summed E-state index contributed by atoms with van der Waals surface area (Å²) in [5, 5.41) is 0. The summed E-state index contributed by atoms with van der Waals surface area (Å²) in [4.78, 5) is 21.4. The highest BCUT2D eigenvalue weighted by molar-refractivity contribution is 5.49. The van der Waals surface area contributed by atoms with Gasteiger partial charge < -0.3 is 20.1 Å². The fourth-order valence-corrected chi connectivity index (χ4v) is 4.27. The second-order valence-corrected chi connectivity index (χ2v) is 8.30. The molecule has 4 heterocycles. The number of alkyl halides is 3. The predicted molar refractivity (Wildman–Crippen MR) is 112 cm³/mol. The number of rotatable bonds is 5. The normalized spacial score (nSPS) is 19.0. The zero-order valence-corrected chi connectivity index (χ0v) is 17.9. The van der Waals surface area contributed by atoms with Gasteiger partial charge in [-0.1, -0.05) is 0 Å². The standard InChI is InChI=1S/C22H18F5N5O3/c23-15-3-11(4-16(24)20(15)35-14-1-2-29-17(6-14)22(25,26)27)10-34-18-7-19-31-8-12(28)5-13(31)9-32(19)21(33)30-18/h1-4,6-7,12-13H,5,8-10,28H2/t12-,13-/m1/s1. The Hall–Kier alpha value is -3.74. The Labute approximate surface area is 194 Å². The number of nitrogens with zero attached hydrogens (tertiary/aromatic N) is 4. The Morgan fingerprint density at radius 3 is 2.57 bits per heavy atom. The summed E-state index contributed by atoms with van der Waals surface area (Å²) in [7, 11) is 0. The van der Waals surface area contributed by atoms with Crippen LogP contribution in [0.4, 0.5) is 27.8 Å². The minimum atomic E-state index is -4.74. The largest absolute Gasteiger partial charge is 0.473 e. The van der Waals surface area contributed by atoms with Crippen molar-refractivity contribution in [2.75, 3.05) is 11.4 Å². The lowest BCUT2D eigenvalue weighted by molar-refractivity contribution is -0.141. The third-order valence-electron chi connectivity index (χ3n) is 5.79. The van der Waals surface area contributed by atoms with Crippen molar-refractivity contribution in [1.82, 2.24) is 14.5 Å². The van der Waals surface area contributed by atoms with Crippen LogP contribution < -0.4 is 25.8 Å². The van der Waals surface area contributed by atoms with Crippen molar-refractivity contribution in [3.05, 3.63) is 69.9 Å². The molecule has 0 amide bonds. The highest BCUT2D eigenvalue weighted by atomic mass is 19.4. The molecule has 3 aromatic rings. The first-order valence-electron chi connectivity index (χ1n) is 10.5. The van der Waals surface area contributed by atoms with Crippen LogP contribution in [0.15, 0.2) is 41.3 Å². The van der Waals surface area contributed by atoms with Crippen LogP contribution >= 0.6 is 0 Å². The van der Waals surface area contributed by atoms with Crippen molar-refractivity contribution in [3.8, 4) is 17.4 Å². The average Bonchev–Trinajstić information content (AvgIpc) is 3.31. The molecule has 1 saturated heterocycles. The van der Waals surface area contributed by atoms with Gasteiger partial charge in [0.15, 0.2) is 17.4 Å². The summed E-state index contributed by atoms with van der Waals surface area (Å²) < 4.78 is 79.5. The van der Waals surface area contributed by atoms with E-state index in [2.05, 4.69) is 9.97 Å². The van der Waals surface area contributed by atoms with Crippen molar-refractivity contribution >= 4 is 5.82 Å². The molecule has 0 spiro atoms. The molecule has 0 aliphatic carbocycles. The molecule has 1 fully saturated rings. The van der Waals surface area contributed by atoms with Crippen LogP contribution in [0.25, 0.3) is 0 Å². The maximum Gasteiger partial charge on any atom is 0.433 e. The van der Waals surface area contributed by atoms with E-state index in [1.807, 2.05) is 4.90 Å². The number of halogens is 5. The van der Waals surface area contributed by atoms with Crippen LogP contribution in [0.2, 0.25) is 0 Å². The van der Waals surface area contributed by atoms with Crippen molar-refractivity contribution in [3.63, 3.8) is 0 Å². The molecule has 2 aliphatic heterocycles. The van der Waals surface area contributed by atoms with Crippen LogP contribution in [0.5, 0.6) is 17.4 Å². The number of benzene rings is 1. The van der Waals surface area contributed by atoms with Crippen LogP contribution in [-0.4, -0.2) is 33.2 Å². The lowest BCUT2D eigenvalue weighted by Crippen LogP contribution is -2.28. The summed E-state index contributed by atoms with van der Waals surface area (Å²) in [5.41, 5.74) is 4.29. The van der Waals surface area contributed by atoms with E-state index >= 15 is 0 Å². The number of anilines is 1. The molecule has 1 aromatic carbocycles. The molecule has 0 bridgehead atoms. The van der Waals surface area contributed by atoms with E-state index in [9.17, 15) is 26.7 Å². The highest BCUT2D eigenvalue weighted by Crippen LogP contribution is 2.34. The SMILES string of the molecule is N[C@@H]1C[C@@H]2Cn3c(cc(OCc4cc(F)c(Oc5ccnc(C(F)(F)F)c5)c(F)c4)nc3=O)N2C1. The molecule has 2 atom stereocenters. The molecular weight excluding hydrogens is 477 g/mol. The van der Waals surface area contributed by atoms with Gasteiger partial charge in [-0.15, -0.1) is 0 Å². The van der Waals surface area contributed by atoms with Crippen LogP contribution in [-0.2, 0) is 19.3 Å². The van der Waals surface area contributed by atoms with Gasteiger partial charge in [0.05, 0.1) is 6.04 Å². The maximum atomic E-state index is 14.5. The van der Waals surface area contributed by atoms with Gasteiger partial charge in [0.2, 0.25) is 5.88 Å². The van der Waals surface area contributed by atoms with Gasteiger partial charge >= 0.3 is 11.9 Å². The van der Waals surface area contributed by atoms with Crippen molar-refractivity contribution < 1.29 is 31.4 Å². The van der Waals surface area contributed by atoms with E-state index in [0.29, 0.717) is 25.0 Å². The Bertz CT molecular complexity index is 1320. The molecule has 2 aliphatic rings. The molecular formula is C22H18F5N5O3. The van der Waals surface area contributed by atoms with Gasteiger partial charge in [0, 0.05) is 37.5 Å². The van der Waals surface area contributed by atoms with E-state index in [1.54, 1.807) is 6.07 Å². The Morgan fingerprint density at radius 1 is 1.11 bits per heavy atom. The second-order valence-electron chi connectivity index (χ2n) is 8.30. The molecule has 0 radical (unpaired) electrons. The summed E-state index contributed by atoms with van der Waals surface area (Å²) >= 11 is 0. The number of nitrogens with two attached hydrogens (primary N) is 1. The first-order valence-corrected chi connectivity index (χ1v) is 10.5. The fourth-order valence-electron chi connectivity index (χ4n) is 4.27. The minimum absolute atomic E-state index is 0.000250. The number of fused-ring (bicyclic) bond motifs is 3. The second kappa shape index (κ2) is 8.48. The molecule has 2 aromatic heterocycles. The van der Waals surface area contributed by atoms with Crippen molar-refractivity contribution in [1.29, 1.82) is 0 Å².